The molecule has 0 bridgehead atoms. The maximum Gasteiger partial charge on any atom is 0.0461 e. The lowest BCUT2D eigenvalue weighted by Crippen LogP contribution is -2.15. The van der Waals surface area contributed by atoms with Crippen molar-refractivity contribution >= 4 is 24.0 Å². The molecule has 3 aromatic rings. The smallest absolute Gasteiger partial charge is 0.0461 e. The molecule has 0 aromatic heterocycles. The molecule has 0 aliphatic heterocycles. The van der Waals surface area contributed by atoms with Crippen molar-refractivity contribution in [3.8, 4) is 11.1 Å². The molecule has 0 heterocycles. The van der Waals surface area contributed by atoms with Gasteiger partial charge in [-0.1, -0.05) is 72.8 Å². The van der Waals surface area contributed by atoms with E-state index in [1.807, 2.05) is 12.1 Å². The average molecular weight is 368 g/mol. The lowest BCUT2D eigenvalue weighted by molar-refractivity contribution is 1.18. The van der Waals surface area contributed by atoms with Crippen molar-refractivity contribution in [3.05, 3.63) is 120 Å². The van der Waals surface area contributed by atoms with E-state index < -0.39 is 0 Å². The molecule has 4 rings (SSSR count). The third-order valence-corrected chi connectivity index (χ3v) is 4.92. The molecule has 0 N–H and O–H groups in total. The van der Waals surface area contributed by atoms with E-state index in [1.54, 1.807) is 0 Å². The van der Waals surface area contributed by atoms with Gasteiger partial charge in [-0.25, -0.2) is 0 Å². The fourth-order valence-corrected chi connectivity index (χ4v) is 3.41. The number of rotatable bonds is 4. The zero-order valence-corrected chi connectivity index (χ0v) is 15.9. The van der Waals surface area contributed by atoms with E-state index in [0.29, 0.717) is 0 Å². The SMILES string of the molecule is SC1=CCC=C(N(c2ccccc2)c2ccc(-c3ccccc3)cc2)C=C1. The molecule has 0 spiro atoms. The third-order valence-electron chi connectivity index (χ3n) is 4.58. The Morgan fingerprint density at radius 2 is 1.19 bits per heavy atom. The van der Waals surface area contributed by atoms with Crippen molar-refractivity contribution in [1.82, 2.24) is 0 Å². The second-order valence-corrected chi connectivity index (χ2v) is 6.93. The van der Waals surface area contributed by atoms with Gasteiger partial charge in [0.05, 0.1) is 0 Å². The van der Waals surface area contributed by atoms with Gasteiger partial charge in [-0.15, -0.1) is 12.6 Å². The van der Waals surface area contributed by atoms with Gasteiger partial charge in [0.15, 0.2) is 0 Å². The van der Waals surface area contributed by atoms with E-state index in [-0.39, 0.29) is 0 Å². The molecule has 0 saturated carbocycles. The Hall–Kier alpha value is -2.97. The lowest BCUT2D eigenvalue weighted by Gasteiger charge is -2.26. The maximum absolute atomic E-state index is 4.49. The quantitative estimate of drug-likeness (QED) is 0.479. The first-order chi connectivity index (χ1) is 13.3. The Morgan fingerprint density at radius 3 is 1.89 bits per heavy atom. The van der Waals surface area contributed by atoms with E-state index in [9.17, 15) is 0 Å². The number of para-hydroxylation sites is 1. The van der Waals surface area contributed by atoms with Gasteiger partial charge < -0.3 is 4.90 Å². The van der Waals surface area contributed by atoms with E-state index >= 15 is 0 Å². The molecule has 2 heteroatoms. The van der Waals surface area contributed by atoms with Crippen molar-refractivity contribution in [1.29, 1.82) is 0 Å². The minimum absolute atomic E-state index is 0.868. The van der Waals surface area contributed by atoms with Crippen LogP contribution in [0.1, 0.15) is 6.42 Å². The van der Waals surface area contributed by atoms with Gasteiger partial charge in [-0.05, 0) is 54.0 Å². The first kappa shape index (κ1) is 17.4. The second-order valence-electron chi connectivity index (χ2n) is 6.41. The minimum atomic E-state index is 0.868. The molecule has 132 valence electrons. The van der Waals surface area contributed by atoms with Gasteiger partial charge in [0.2, 0.25) is 0 Å². The molecular formula is C25H21NS. The Bertz CT molecular complexity index is 984. The number of benzene rings is 3. The lowest BCUT2D eigenvalue weighted by atomic mass is 10.0. The summed E-state index contributed by atoms with van der Waals surface area (Å²) in [5.41, 5.74) is 5.88. The highest BCUT2D eigenvalue weighted by Crippen LogP contribution is 2.33. The number of thiol groups is 1. The first-order valence-electron chi connectivity index (χ1n) is 9.09. The number of allylic oxidation sites excluding steroid dienone is 4. The molecular weight excluding hydrogens is 346 g/mol. The predicted molar refractivity (Wildman–Crippen MR) is 119 cm³/mol. The van der Waals surface area contributed by atoms with Crippen LogP contribution in [0.4, 0.5) is 11.4 Å². The molecule has 1 aliphatic rings. The van der Waals surface area contributed by atoms with E-state index in [4.69, 9.17) is 0 Å². The fourth-order valence-electron chi connectivity index (χ4n) is 3.23. The van der Waals surface area contributed by atoms with Crippen molar-refractivity contribution < 1.29 is 0 Å². The standard InChI is InChI=1S/C25H21NS/c27-25-13-7-12-23(18-19-25)26(22-10-5-2-6-11-22)24-16-14-21(15-17-24)20-8-3-1-4-9-20/h1-6,8-19,27H,7H2. The second kappa shape index (κ2) is 8.15. The topological polar surface area (TPSA) is 3.24 Å². The van der Waals surface area contributed by atoms with E-state index in [0.717, 1.165) is 28.4 Å². The molecule has 0 fully saturated rings. The summed E-state index contributed by atoms with van der Waals surface area (Å²) in [5, 5.41) is 0. The summed E-state index contributed by atoms with van der Waals surface area (Å²) in [5.74, 6) is 0. The van der Waals surface area contributed by atoms with Gasteiger partial charge in [-0.3, -0.25) is 0 Å². The van der Waals surface area contributed by atoms with Gasteiger partial charge >= 0.3 is 0 Å². The van der Waals surface area contributed by atoms with Gasteiger partial charge in [0, 0.05) is 22.0 Å². The fraction of sp³-hybridized carbons (Fsp3) is 0.0400. The summed E-state index contributed by atoms with van der Waals surface area (Å²) in [6.45, 7) is 0. The third kappa shape index (κ3) is 4.07. The maximum atomic E-state index is 4.49. The molecule has 0 unspecified atom stereocenters. The summed E-state index contributed by atoms with van der Waals surface area (Å²) in [4.78, 5) is 3.28. The highest BCUT2D eigenvalue weighted by Gasteiger charge is 2.13. The largest absolute Gasteiger partial charge is 0.311 e. The van der Waals surface area contributed by atoms with Gasteiger partial charge in [0.25, 0.3) is 0 Å². The summed E-state index contributed by atoms with van der Waals surface area (Å²) >= 11 is 4.49. The number of hydrogen-bond acceptors (Lipinski definition) is 2. The van der Waals surface area contributed by atoms with Crippen LogP contribution in [0.15, 0.2) is 120 Å². The van der Waals surface area contributed by atoms with Crippen molar-refractivity contribution in [2.45, 2.75) is 6.42 Å². The highest BCUT2D eigenvalue weighted by molar-refractivity contribution is 7.84. The van der Waals surface area contributed by atoms with Crippen LogP contribution in [0, 0.1) is 0 Å². The summed E-state index contributed by atoms with van der Waals surface area (Å²) in [6, 6.07) is 29.7. The molecule has 0 saturated heterocycles. The molecule has 3 aromatic carbocycles. The van der Waals surface area contributed by atoms with Crippen molar-refractivity contribution in [2.75, 3.05) is 4.90 Å². The Kier molecular flexibility index (Phi) is 5.27. The number of nitrogens with zero attached hydrogens (tertiary/aromatic N) is 1. The van der Waals surface area contributed by atoms with Crippen LogP contribution in [0.5, 0.6) is 0 Å². The van der Waals surface area contributed by atoms with Crippen molar-refractivity contribution in [2.24, 2.45) is 0 Å². The predicted octanol–water partition coefficient (Wildman–Crippen LogP) is 7.15. The molecule has 27 heavy (non-hydrogen) atoms. The van der Waals surface area contributed by atoms with Crippen LogP contribution in [0.25, 0.3) is 11.1 Å². The molecule has 0 amide bonds. The molecule has 1 aliphatic carbocycles. The Morgan fingerprint density at radius 1 is 0.593 bits per heavy atom. The Labute approximate surface area is 166 Å². The monoisotopic (exact) mass is 367 g/mol. The molecule has 0 atom stereocenters. The number of anilines is 2. The highest BCUT2D eigenvalue weighted by atomic mass is 32.1. The van der Waals surface area contributed by atoms with Crippen LogP contribution >= 0.6 is 12.6 Å². The summed E-state index contributed by atoms with van der Waals surface area (Å²) < 4.78 is 0. The van der Waals surface area contributed by atoms with Crippen LogP contribution in [0.3, 0.4) is 0 Å². The average Bonchev–Trinajstić information content (AvgIpc) is 2.95. The van der Waals surface area contributed by atoms with E-state index in [2.05, 4.69) is 115 Å². The first-order valence-corrected chi connectivity index (χ1v) is 9.54. The van der Waals surface area contributed by atoms with Crippen LogP contribution < -0.4 is 4.90 Å². The van der Waals surface area contributed by atoms with Crippen LogP contribution in [0.2, 0.25) is 0 Å². The zero-order valence-electron chi connectivity index (χ0n) is 15.0. The summed E-state index contributed by atoms with van der Waals surface area (Å²) in [6.07, 6.45) is 9.40. The normalized spacial score (nSPS) is 13.5. The minimum Gasteiger partial charge on any atom is -0.311 e. The molecule has 0 radical (unpaired) electrons. The zero-order chi connectivity index (χ0) is 18.5. The molecule has 1 nitrogen and oxygen atoms in total. The van der Waals surface area contributed by atoms with Gasteiger partial charge in [-0.2, -0.15) is 0 Å². The summed E-state index contributed by atoms with van der Waals surface area (Å²) in [7, 11) is 0. The van der Waals surface area contributed by atoms with Crippen LogP contribution in [-0.4, -0.2) is 0 Å². The van der Waals surface area contributed by atoms with Crippen molar-refractivity contribution in [3.63, 3.8) is 0 Å². The van der Waals surface area contributed by atoms with Crippen LogP contribution in [-0.2, 0) is 0 Å². The van der Waals surface area contributed by atoms with Gasteiger partial charge in [0.1, 0.15) is 0 Å². The van der Waals surface area contributed by atoms with E-state index in [1.165, 1.54) is 11.1 Å². The number of hydrogen-bond donors (Lipinski definition) is 1. The Balaban J connectivity index is 1.73.